The van der Waals surface area contributed by atoms with Crippen molar-refractivity contribution in [2.24, 2.45) is 0 Å². The second kappa shape index (κ2) is 11.6. The van der Waals surface area contributed by atoms with Gasteiger partial charge < -0.3 is 19.9 Å². The summed E-state index contributed by atoms with van der Waals surface area (Å²) in [6.45, 7) is 15.2. The molecule has 6 nitrogen and oxygen atoms in total. The summed E-state index contributed by atoms with van der Waals surface area (Å²) in [5, 5.41) is 3.73. The van der Waals surface area contributed by atoms with E-state index in [-0.39, 0.29) is 0 Å². The molecule has 0 atom stereocenters. The number of anilines is 3. The SMILES string of the molecule is C=CC=C.CN1CC(N2CCC(c3ccc4c(c3)Nc3nccc(N5CCOCC5)c3CC4)CC2)C1. The molecule has 0 radical (unpaired) electrons. The molecule has 3 fully saturated rings. The minimum absolute atomic E-state index is 0.673. The van der Waals surface area contributed by atoms with Gasteiger partial charge in [0.2, 0.25) is 0 Å². The van der Waals surface area contributed by atoms with E-state index in [1.165, 1.54) is 67.1 Å². The third-order valence-corrected chi connectivity index (χ3v) is 8.14. The average Bonchev–Trinajstić information content (AvgIpc) is 3.11. The van der Waals surface area contributed by atoms with Crippen LogP contribution in [0.25, 0.3) is 0 Å². The summed E-state index contributed by atoms with van der Waals surface area (Å²) in [6.07, 6.45) is 9.87. The highest BCUT2D eigenvalue weighted by molar-refractivity contribution is 5.72. The molecule has 0 amide bonds. The first-order valence-electron chi connectivity index (χ1n) is 13.5. The molecule has 4 aliphatic rings. The van der Waals surface area contributed by atoms with Crippen molar-refractivity contribution < 1.29 is 4.74 Å². The molecule has 1 aromatic heterocycles. The van der Waals surface area contributed by atoms with Crippen LogP contribution in [0.5, 0.6) is 0 Å². The number of likely N-dealkylation sites (tertiary alicyclic amines) is 2. The molecule has 1 N–H and O–H groups in total. The smallest absolute Gasteiger partial charge is 0.135 e. The fraction of sp³-hybridized carbons (Fsp3) is 0.500. The molecular formula is C30H41N5O. The van der Waals surface area contributed by atoms with Crippen LogP contribution in [-0.2, 0) is 17.6 Å². The molecule has 2 aromatic rings. The number of nitrogens with zero attached hydrogens (tertiary/aromatic N) is 4. The van der Waals surface area contributed by atoms with Crippen molar-refractivity contribution in [3.05, 3.63) is 72.5 Å². The number of morpholine rings is 1. The first-order chi connectivity index (χ1) is 17.7. The Morgan fingerprint density at radius 1 is 1.00 bits per heavy atom. The van der Waals surface area contributed by atoms with Gasteiger partial charge in [0.25, 0.3) is 0 Å². The standard InChI is InChI=1S/C26H35N5O.C4H6/c1-29-17-22(18-29)30-10-7-19(8-11-30)21-3-2-20-4-5-23-25(31-12-14-32-15-13-31)6-9-27-26(23)28-24(20)16-21;1-3-4-2/h2-3,6,9,16,19,22H,4-5,7-8,10-15,17-18H2,1H3,(H,27,28);3-4H,1-2H2. The number of nitrogens with one attached hydrogen (secondary N) is 1. The van der Waals surface area contributed by atoms with Crippen LogP contribution in [0.4, 0.5) is 17.2 Å². The highest BCUT2D eigenvalue weighted by atomic mass is 16.5. The summed E-state index contributed by atoms with van der Waals surface area (Å²) in [7, 11) is 2.23. The summed E-state index contributed by atoms with van der Waals surface area (Å²) in [5.41, 5.74) is 6.85. The zero-order valence-corrected chi connectivity index (χ0v) is 21.8. The number of ether oxygens (including phenoxy) is 1. The molecule has 36 heavy (non-hydrogen) atoms. The Morgan fingerprint density at radius 2 is 1.75 bits per heavy atom. The molecule has 6 heteroatoms. The van der Waals surface area contributed by atoms with Gasteiger partial charge >= 0.3 is 0 Å². The van der Waals surface area contributed by atoms with Gasteiger partial charge in [-0.3, -0.25) is 4.90 Å². The van der Waals surface area contributed by atoms with Crippen molar-refractivity contribution in [2.45, 2.75) is 37.6 Å². The number of allylic oxidation sites excluding steroid dienone is 2. The second-order valence-electron chi connectivity index (χ2n) is 10.5. The van der Waals surface area contributed by atoms with Crippen molar-refractivity contribution in [1.29, 1.82) is 0 Å². The summed E-state index contributed by atoms with van der Waals surface area (Å²) in [6, 6.07) is 10.2. The first-order valence-corrected chi connectivity index (χ1v) is 13.5. The Bertz CT molecular complexity index is 1040. The van der Waals surface area contributed by atoms with Gasteiger partial charge in [-0.25, -0.2) is 4.98 Å². The molecule has 0 aliphatic carbocycles. The Balaban J connectivity index is 0.000000623. The van der Waals surface area contributed by atoms with Gasteiger partial charge in [-0.05, 0) is 75.0 Å². The number of fused-ring (bicyclic) bond motifs is 2. The molecule has 0 bridgehead atoms. The van der Waals surface area contributed by atoms with Gasteiger partial charge in [0.05, 0.1) is 13.2 Å². The maximum Gasteiger partial charge on any atom is 0.135 e. The number of aryl methyl sites for hydroxylation is 1. The molecule has 0 spiro atoms. The van der Waals surface area contributed by atoms with E-state index in [4.69, 9.17) is 9.72 Å². The number of aromatic nitrogens is 1. The van der Waals surface area contributed by atoms with Crippen LogP contribution in [0, 0.1) is 0 Å². The Kier molecular flexibility index (Phi) is 8.05. The van der Waals surface area contributed by atoms with E-state index in [0.29, 0.717) is 5.92 Å². The Hall–Kier alpha value is -2.67. The minimum Gasteiger partial charge on any atom is -0.378 e. The third kappa shape index (κ3) is 5.51. The van der Waals surface area contributed by atoms with E-state index in [2.05, 4.69) is 64.5 Å². The normalized spacial score (nSPS) is 21.1. The number of rotatable bonds is 4. The molecule has 0 saturated carbocycles. The van der Waals surface area contributed by atoms with Crippen molar-refractivity contribution in [2.75, 3.05) is 69.7 Å². The number of benzene rings is 1. The Labute approximate surface area is 216 Å². The molecule has 192 valence electrons. The molecule has 5 heterocycles. The first kappa shape index (κ1) is 25.0. The van der Waals surface area contributed by atoms with Gasteiger partial charge in [-0.15, -0.1) is 0 Å². The molecule has 1 aromatic carbocycles. The number of hydrogen-bond donors (Lipinski definition) is 1. The van der Waals surface area contributed by atoms with E-state index in [0.717, 1.165) is 51.0 Å². The van der Waals surface area contributed by atoms with Crippen LogP contribution in [0.1, 0.15) is 35.4 Å². The third-order valence-electron chi connectivity index (χ3n) is 8.14. The van der Waals surface area contributed by atoms with Gasteiger partial charge in [-0.1, -0.05) is 37.4 Å². The zero-order chi connectivity index (χ0) is 24.9. The van der Waals surface area contributed by atoms with E-state index >= 15 is 0 Å². The fourth-order valence-electron chi connectivity index (χ4n) is 6.00. The lowest BCUT2D eigenvalue weighted by Gasteiger charge is -2.46. The van der Waals surface area contributed by atoms with E-state index in [1.54, 1.807) is 12.2 Å². The lowest BCUT2D eigenvalue weighted by atomic mass is 9.87. The van der Waals surface area contributed by atoms with Crippen LogP contribution in [0.15, 0.2) is 55.8 Å². The maximum absolute atomic E-state index is 5.57. The van der Waals surface area contributed by atoms with Gasteiger partial charge in [0.15, 0.2) is 0 Å². The number of likely N-dealkylation sites (N-methyl/N-ethyl adjacent to an activating group) is 1. The van der Waals surface area contributed by atoms with Gasteiger partial charge in [-0.2, -0.15) is 0 Å². The predicted octanol–water partition coefficient (Wildman–Crippen LogP) is 4.61. The lowest BCUT2D eigenvalue weighted by Crippen LogP contribution is -2.59. The number of piperidine rings is 1. The zero-order valence-electron chi connectivity index (χ0n) is 21.8. The van der Waals surface area contributed by atoms with Crippen LogP contribution in [0.2, 0.25) is 0 Å². The van der Waals surface area contributed by atoms with Crippen LogP contribution < -0.4 is 10.2 Å². The van der Waals surface area contributed by atoms with E-state index < -0.39 is 0 Å². The molecule has 4 aliphatic heterocycles. The topological polar surface area (TPSA) is 43.9 Å². The van der Waals surface area contributed by atoms with Crippen molar-refractivity contribution in [3.63, 3.8) is 0 Å². The predicted molar refractivity (Wildman–Crippen MR) is 150 cm³/mol. The average molecular weight is 488 g/mol. The molecule has 3 saturated heterocycles. The van der Waals surface area contributed by atoms with Crippen LogP contribution >= 0.6 is 0 Å². The quantitative estimate of drug-likeness (QED) is 0.636. The van der Waals surface area contributed by atoms with Crippen LogP contribution in [0.3, 0.4) is 0 Å². The summed E-state index contributed by atoms with van der Waals surface area (Å²) >= 11 is 0. The fourth-order valence-corrected chi connectivity index (χ4v) is 6.00. The second-order valence-corrected chi connectivity index (χ2v) is 10.5. The van der Waals surface area contributed by atoms with Crippen molar-refractivity contribution in [1.82, 2.24) is 14.8 Å². The van der Waals surface area contributed by atoms with Crippen LogP contribution in [-0.4, -0.2) is 80.4 Å². The largest absolute Gasteiger partial charge is 0.378 e. The van der Waals surface area contributed by atoms with Crippen molar-refractivity contribution in [3.8, 4) is 0 Å². The summed E-state index contributed by atoms with van der Waals surface area (Å²) in [5.74, 6) is 1.71. The monoisotopic (exact) mass is 487 g/mol. The van der Waals surface area contributed by atoms with E-state index in [1.807, 2.05) is 6.20 Å². The highest BCUT2D eigenvalue weighted by Gasteiger charge is 2.32. The van der Waals surface area contributed by atoms with Crippen molar-refractivity contribution >= 4 is 17.2 Å². The maximum atomic E-state index is 5.57. The van der Waals surface area contributed by atoms with Gasteiger partial charge in [0.1, 0.15) is 5.82 Å². The molecule has 0 unspecified atom stereocenters. The summed E-state index contributed by atoms with van der Waals surface area (Å²) in [4.78, 5) is 12.3. The van der Waals surface area contributed by atoms with E-state index in [9.17, 15) is 0 Å². The minimum atomic E-state index is 0.673. The molecular weight excluding hydrogens is 446 g/mol. The summed E-state index contributed by atoms with van der Waals surface area (Å²) < 4.78 is 5.57. The number of pyridine rings is 1. The Morgan fingerprint density at radius 3 is 2.44 bits per heavy atom. The lowest BCUT2D eigenvalue weighted by molar-refractivity contribution is 0.0363. The number of hydrogen-bond acceptors (Lipinski definition) is 6. The van der Waals surface area contributed by atoms with Gasteiger partial charge in [0, 0.05) is 55.4 Å². The molecule has 6 rings (SSSR count). The highest BCUT2D eigenvalue weighted by Crippen LogP contribution is 2.37.